The van der Waals surface area contributed by atoms with Crippen LogP contribution < -0.4 is 15.4 Å². The highest BCUT2D eigenvalue weighted by molar-refractivity contribution is 5.86. The van der Waals surface area contributed by atoms with E-state index in [-0.39, 0.29) is 30.1 Å². The monoisotopic (exact) mass is 622 g/mol. The largest absolute Gasteiger partial charge is 0.492 e. The van der Waals surface area contributed by atoms with Crippen LogP contribution in [0.15, 0.2) is 72.8 Å². The van der Waals surface area contributed by atoms with E-state index in [4.69, 9.17) is 4.74 Å². The number of carbonyl (C=O) groups is 3. The van der Waals surface area contributed by atoms with Gasteiger partial charge in [-0.1, -0.05) is 74.5 Å². The summed E-state index contributed by atoms with van der Waals surface area (Å²) >= 11 is 0. The van der Waals surface area contributed by atoms with Gasteiger partial charge in [0.15, 0.2) is 0 Å². The van der Waals surface area contributed by atoms with Crippen molar-refractivity contribution >= 4 is 41.4 Å². The van der Waals surface area contributed by atoms with Crippen molar-refractivity contribution in [2.45, 2.75) is 64.6 Å². The van der Waals surface area contributed by atoms with Gasteiger partial charge in [0.1, 0.15) is 24.6 Å². The summed E-state index contributed by atoms with van der Waals surface area (Å²) in [6.07, 6.45) is 4.44. The van der Waals surface area contributed by atoms with E-state index in [0.717, 1.165) is 60.7 Å². The van der Waals surface area contributed by atoms with Crippen molar-refractivity contribution < 1.29 is 19.1 Å². The second-order valence-electron chi connectivity index (χ2n) is 11.2. The van der Waals surface area contributed by atoms with Gasteiger partial charge in [0.25, 0.3) is 0 Å². The quantitative estimate of drug-likeness (QED) is 0.160. The summed E-state index contributed by atoms with van der Waals surface area (Å²) in [5, 5.41) is 8.63. The number of amides is 3. The third-order valence-electron chi connectivity index (χ3n) is 8.33. The maximum absolute atomic E-state index is 13.7. The Balaban J connectivity index is 0.00000529. The number of fused-ring (bicyclic) bond motifs is 1. The van der Waals surface area contributed by atoms with Crippen molar-refractivity contribution in [3.8, 4) is 5.75 Å². The number of ether oxygens (including phenoxy) is 1. The summed E-state index contributed by atoms with van der Waals surface area (Å²) in [7, 11) is 0. The number of carbonyl (C=O) groups excluding carboxylic acids is 3. The third kappa shape index (κ3) is 9.44. The van der Waals surface area contributed by atoms with Crippen LogP contribution in [-0.4, -0.2) is 73.0 Å². The lowest BCUT2D eigenvalue weighted by Gasteiger charge is -2.38. The second kappa shape index (κ2) is 18.2. The zero-order valence-corrected chi connectivity index (χ0v) is 26.8. The van der Waals surface area contributed by atoms with Gasteiger partial charge in [0.2, 0.25) is 18.2 Å². The molecule has 3 aromatic carbocycles. The van der Waals surface area contributed by atoms with Crippen LogP contribution in [0.1, 0.15) is 51.5 Å². The van der Waals surface area contributed by atoms with E-state index in [2.05, 4.69) is 34.9 Å². The molecule has 2 N–H and O–H groups in total. The van der Waals surface area contributed by atoms with Gasteiger partial charge in [0, 0.05) is 32.0 Å². The number of hydrogen-bond donors (Lipinski definition) is 2. The molecule has 1 aliphatic rings. The summed E-state index contributed by atoms with van der Waals surface area (Å²) in [5.74, 6) is 0.643. The van der Waals surface area contributed by atoms with Gasteiger partial charge in [-0.15, -0.1) is 12.4 Å². The molecular weight excluding hydrogens is 576 g/mol. The van der Waals surface area contributed by atoms with Gasteiger partial charge in [-0.3, -0.25) is 14.4 Å². The first kappa shape index (κ1) is 34.9. The van der Waals surface area contributed by atoms with E-state index < -0.39 is 12.2 Å². The van der Waals surface area contributed by atoms with Crippen LogP contribution in [0.3, 0.4) is 0 Å². The summed E-state index contributed by atoms with van der Waals surface area (Å²) in [6.45, 7) is 7.12. The van der Waals surface area contributed by atoms with Gasteiger partial charge in [-0.25, -0.2) is 0 Å². The first-order valence-corrected chi connectivity index (χ1v) is 15.7. The molecule has 2 atom stereocenters. The number of hydrogen-bond acceptors (Lipinski definition) is 5. The fourth-order valence-electron chi connectivity index (χ4n) is 5.89. The van der Waals surface area contributed by atoms with E-state index in [9.17, 15) is 14.4 Å². The van der Waals surface area contributed by atoms with E-state index in [1.165, 1.54) is 0 Å². The van der Waals surface area contributed by atoms with Gasteiger partial charge < -0.3 is 25.2 Å². The van der Waals surface area contributed by atoms with Crippen molar-refractivity contribution in [3.63, 3.8) is 0 Å². The van der Waals surface area contributed by atoms with E-state index in [0.29, 0.717) is 39.1 Å². The Hall–Kier alpha value is -3.62. The molecule has 3 amide bonds. The molecule has 0 radical (unpaired) electrons. The van der Waals surface area contributed by atoms with Crippen LogP contribution in [0.25, 0.3) is 10.8 Å². The Morgan fingerprint density at radius 3 is 2.43 bits per heavy atom. The topological polar surface area (TPSA) is 91.0 Å². The summed E-state index contributed by atoms with van der Waals surface area (Å²) in [4.78, 5) is 43.2. The van der Waals surface area contributed by atoms with Gasteiger partial charge in [0.05, 0.1) is 0 Å². The Morgan fingerprint density at radius 1 is 0.977 bits per heavy atom. The fourth-order valence-corrected chi connectivity index (χ4v) is 5.89. The molecule has 44 heavy (non-hydrogen) atoms. The molecule has 9 heteroatoms. The van der Waals surface area contributed by atoms with E-state index in [1.54, 1.807) is 4.90 Å². The average Bonchev–Trinajstić information content (AvgIpc) is 3.52. The van der Waals surface area contributed by atoms with Crippen LogP contribution >= 0.6 is 12.4 Å². The molecule has 0 bridgehead atoms. The van der Waals surface area contributed by atoms with Crippen LogP contribution in [0.2, 0.25) is 0 Å². The highest BCUT2D eigenvalue weighted by Crippen LogP contribution is 2.27. The minimum Gasteiger partial charge on any atom is -0.492 e. The molecule has 0 saturated carbocycles. The maximum Gasteiger partial charge on any atom is 0.243 e. The smallest absolute Gasteiger partial charge is 0.243 e. The van der Waals surface area contributed by atoms with Crippen molar-refractivity contribution in [2.75, 3.05) is 32.8 Å². The Kier molecular flexibility index (Phi) is 14.5. The first-order chi connectivity index (χ1) is 21.0. The van der Waals surface area contributed by atoms with Gasteiger partial charge >= 0.3 is 0 Å². The van der Waals surface area contributed by atoms with Gasteiger partial charge in [-0.05, 0) is 67.1 Å². The van der Waals surface area contributed by atoms with Crippen molar-refractivity contribution in [3.05, 3.63) is 78.4 Å². The Labute approximate surface area is 267 Å². The van der Waals surface area contributed by atoms with Crippen molar-refractivity contribution in [1.82, 2.24) is 20.4 Å². The lowest BCUT2D eigenvalue weighted by molar-refractivity contribution is -0.147. The normalized spacial score (nSPS) is 15.1. The molecule has 1 heterocycles. The standard InChI is InChI=1S/C35H46N4O4.ClH/c1-3-28(4-2)35(42)38-22-10-16-33(38)39(26-40)32(25-27-17-18-29-12-8-9-13-30(29)24-27)34(41)37-20-11-19-36-21-23-43-31-14-6-5-7-15-31;/h5-9,12-15,17-18,24,26,28,32-33,36H,3-4,10-11,16,19-23,25H2,1-2H3,(H,37,41);1H/t32-,33?;/m1./s1. The molecule has 3 aromatic rings. The van der Waals surface area contributed by atoms with Crippen LogP contribution in [0, 0.1) is 5.92 Å². The van der Waals surface area contributed by atoms with Gasteiger partial charge in [-0.2, -0.15) is 0 Å². The minimum atomic E-state index is -0.731. The fraction of sp³-hybridized carbons (Fsp3) is 0.457. The minimum absolute atomic E-state index is 0. The summed E-state index contributed by atoms with van der Waals surface area (Å²) < 4.78 is 5.71. The number of benzene rings is 3. The SMILES string of the molecule is CCC(CC)C(=O)N1CCCC1N(C=O)[C@H](Cc1ccc2ccccc2c1)C(=O)NCCCNCCOc1ccccc1.Cl. The Bertz CT molecular complexity index is 1320. The molecule has 1 unspecified atom stereocenters. The number of nitrogens with zero attached hydrogens (tertiary/aromatic N) is 2. The maximum atomic E-state index is 13.7. The molecule has 0 spiro atoms. The highest BCUT2D eigenvalue weighted by atomic mass is 35.5. The second-order valence-corrected chi connectivity index (χ2v) is 11.2. The molecule has 1 aliphatic heterocycles. The molecular formula is C35H47ClN4O4. The number of nitrogens with one attached hydrogen (secondary N) is 2. The lowest BCUT2D eigenvalue weighted by atomic mass is 9.99. The van der Waals surface area contributed by atoms with Crippen LogP contribution in [0.4, 0.5) is 0 Å². The zero-order chi connectivity index (χ0) is 30.4. The van der Waals surface area contributed by atoms with Crippen LogP contribution in [0.5, 0.6) is 5.75 Å². The van der Waals surface area contributed by atoms with E-state index >= 15 is 0 Å². The number of likely N-dealkylation sites (tertiary alicyclic amines) is 1. The lowest BCUT2D eigenvalue weighted by Crippen LogP contribution is -2.57. The van der Waals surface area contributed by atoms with E-state index in [1.807, 2.05) is 67.3 Å². The van der Waals surface area contributed by atoms with Crippen molar-refractivity contribution in [1.29, 1.82) is 0 Å². The predicted octanol–water partition coefficient (Wildman–Crippen LogP) is 5.19. The molecule has 1 fully saturated rings. The summed E-state index contributed by atoms with van der Waals surface area (Å²) in [5.41, 5.74) is 0.974. The van der Waals surface area contributed by atoms with Crippen LogP contribution in [-0.2, 0) is 20.8 Å². The average molecular weight is 623 g/mol. The molecule has 1 saturated heterocycles. The molecule has 0 aliphatic carbocycles. The molecule has 4 rings (SSSR count). The predicted molar refractivity (Wildman–Crippen MR) is 178 cm³/mol. The number of rotatable bonds is 17. The number of para-hydroxylation sites is 1. The number of halogens is 1. The molecule has 8 nitrogen and oxygen atoms in total. The third-order valence-corrected chi connectivity index (χ3v) is 8.33. The Morgan fingerprint density at radius 2 is 1.70 bits per heavy atom. The first-order valence-electron chi connectivity index (χ1n) is 15.7. The molecule has 238 valence electrons. The molecule has 0 aromatic heterocycles. The highest BCUT2D eigenvalue weighted by Gasteiger charge is 2.39. The summed E-state index contributed by atoms with van der Waals surface area (Å²) in [6, 6.07) is 23.2. The van der Waals surface area contributed by atoms with Crippen molar-refractivity contribution in [2.24, 2.45) is 5.92 Å². The zero-order valence-electron chi connectivity index (χ0n) is 26.0.